The van der Waals surface area contributed by atoms with E-state index >= 15 is 0 Å². The van der Waals surface area contributed by atoms with Crippen molar-refractivity contribution in [1.29, 1.82) is 0 Å². The van der Waals surface area contributed by atoms with Crippen LogP contribution in [0.4, 0.5) is 5.69 Å². The lowest BCUT2D eigenvalue weighted by molar-refractivity contribution is -0.121. The molecule has 0 spiro atoms. The molecule has 3 aromatic rings. The summed E-state index contributed by atoms with van der Waals surface area (Å²) in [6.07, 6.45) is 0. The van der Waals surface area contributed by atoms with Gasteiger partial charge in [0, 0.05) is 10.0 Å². The molecule has 4 rings (SSSR count). The molecule has 2 amide bonds. The van der Waals surface area contributed by atoms with Gasteiger partial charge in [0.1, 0.15) is 6.04 Å². The number of benzene rings is 3. The molecule has 0 saturated heterocycles. The van der Waals surface area contributed by atoms with E-state index in [1.54, 1.807) is 66.4 Å². The number of oxime groups is 1. The zero-order valence-electron chi connectivity index (χ0n) is 17.9. The maximum Gasteiger partial charge on any atom is 0.257 e. The van der Waals surface area contributed by atoms with Crippen LogP contribution in [-0.2, 0) is 4.79 Å². The fourth-order valence-electron chi connectivity index (χ4n) is 3.96. The SMILES string of the molecule is CC(=NO)c1ccc2c(c1)C(=O)N([C@H](C)c1ccc(Cl)cc1)[C@@H](c1ccc(Cl)cc1)C(=O)N2. The van der Waals surface area contributed by atoms with E-state index in [9.17, 15) is 14.8 Å². The zero-order valence-corrected chi connectivity index (χ0v) is 19.4. The lowest BCUT2D eigenvalue weighted by Crippen LogP contribution is -2.40. The standard InChI is InChI=1S/C25H21Cl2N3O3/c1-14(29-33)18-7-12-22-21(13-18)25(32)30(15(2)16-3-8-19(26)9-4-16)23(24(31)28-22)17-5-10-20(27)11-6-17/h3-13,15,23,33H,1-2H3,(H,28,31)/t15-,23+/m1/s1. The minimum absolute atomic E-state index is 0.307. The van der Waals surface area contributed by atoms with Gasteiger partial charge in [-0.15, -0.1) is 0 Å². The maximum atomic E-state index is 14.0. The van der Waals surface area contributed by atoms with Crippen LogP contribution in [-0.4, -0.2) is 27.6 Å². The molecule has 0 radical (unpaired) electrons. The molecular formula is C25H21Cl2N3O3. The number of nitrogens with zero attached hydrogens (tertiary/aromatic N) is 2. The van der Waals surface area contributed by atoms with Gasteiger partial charge in [0.25, 0.3) is 11.8 Å². The van der Waals surface area contributed by atoms with E-state index < -0.39 is 12.1 Å². The summed E-state index contributed by atoms with van der Waals surface area (Å²) in [5.41, 5.74) is 3.08. The van der Waals surface area contributed by atoms with E-state index in [2.05, 4.69) is 10.5 Å². The second-order valence-corrected chi connectivity index (χ2v) is 8.70. The van der Waals surface area contributed by atoms with E-state index in [1.807, 2.05) is 19.1 Å². The summed E-state index contributed by atoms with van der Waals surface area (Å²) >= 11 is 12.1. The molecule has 1 aliphatic rings. The van der Waals surface area contributed by atoms with Gasteiger partial charge in [-0.3, -0.25) is 9.59 Å². The van der Waals surface area contributed by atoms with E-state index in [4.69, 9.17) is 23.2 Å². The molecule has 2 N–H and O–H groups in total. The normalized spacial score (nSPS) is 17.3. The third kappa shape index (κ3) is 4.45. The summed E-state index contributed by atoms with van der Waals surface area (Å²) in [5, 5.41) is 16.4. The van der Waals surface area contributed by atoms with Crippen molar-refractivity contribution in [3.63, 3.8) is 0 Å². The number of hydrogen-bond acceptors (Lipinski definition) is 4. The first-order chi connectivity index (χ1) is 15.8. The molecule has 0 aliphatic carbocycles. The highest BCUT2D eigenvalue weighted by molar-refractivity contribution is 6.30. The van der Waals surface area contributed by atoms with E-state index in [-0.39, 0.29) is 11.8 Å². The van der Waals surface area contributed by atoms with Crippen molar-refractivity contribution in [2.24, 2.45) is 5.16 Å². The van der Waals surface area contributed by atoms with Crippen molar-refractivity contribution < 1.29 is 14.8 Å². The van der Waals surface area contributed by atoms with Crippen molar-refractivity contribution in [2.45, 2.75) is 25.9 Å². The van der Waals surface area contributed by atoms with Gasteiger partial charge in [0.05, 0.1) is 23.0 Å². The first kappa shape index (κ1) is 22.8. The molecule has 6 nitrogen and oxygen atoms in total. The Balaban J connectivity index is 1.89. The van der Waals surface area contributed by atoms with Crippen molar-refractivity contribution in [3.8, 4) is 0 Å². The summed E-state index contributed by atoms with van der Waals surface area (Å²) in [6.45, 7) is 3.50. The second kappa shape index (κ2) is 9.25. The second-order valence-electron chi connectivity index (χ2n) is 7.83. The molecule has 33 heavy (non-hydrogen) atoms. The Bertz CT molecular complexity index is 1240. The van der Waals surface area contributed by atoms with Crippen LogP contribution in [0.2, 0.25) is 10.0 Å². The number of amides is 2. The van der Waals surface area contributed by atoms with Crippen molar-refractivity contribution in [2.75, 3.05) is 5.32 Å². The van der Waals surface area contributed by atoms with Gasteiger partial charge in [-0.05, 0) is 66.9 Å². The molecule has 0 unspecified atom stereocenters. The molecule has 1 heterocycles. The lowest BCUT2D eigenvalue weighted by Gasteiger charge is -2.34. The van der Waals surface area contributed by atoms with Gasteiger partial charge in [0.2, 0.25) is 0 Å². The Morgan fingerprint density at radius 2 is 1.61 bits per heavy atom. The van der Waals surface area contributed by atoms with Gasteiger partial charge in [-0.2, -0.15) is 0 Å². The number of fused-ring (bicyclic) bond motifs is 1. The van der Waals surface area contributed by atoms with Crippen LogP contribution in [0.5, 0.6) is 0 Å². The predicted octanol–water partition coefficient (Wildman–Crippen LogP) is 6.09. The highest BCUT2D eigenvalue weighted by Gasteiger charge is 2.39. The average Bonchev–Trinajstić information content (AvgIpc) is 2.92. The quantitative estimate of drug-likeness (QED) is 0.268. The number of hydrogen-bond donors (Lipinski definition) is 2. The third-order valence-electron chi connectivity index (χ3n) is 5.79. The Hall–Kier alpha value is -3.35. The van der Waals surface area contributed by atoms with Crippen LogP contribution >= 0.6 is 23.2 Å². The largest absolute Gasteiger partial charge is 0.411 e. The maximum absolute atomic E-state index is 14.0. The Labute approximate surface area is 201 Å². The van der Waals surface area contributed by atoms with Crippen molar-refractivity contribution >= 4 is 46.4 Å². The number of carbonyl (C=O) groups excluding carboxylic acids is 2. The van der Waals surface area contributed by atoms with Crippen molar-refractivity contribution in [1.82, 2.24) is 4.90 Å². The number of nitrogens with one attached hydrogen (secondary N) is 1. The molecule has 0 aromatic heterocycles. The fraction of sp³-hybridized carbons (Fsp3) is 0.160. The molecule has 168 valence electrons. The minimum atomic E-state index is -0.899. The molecule has 0 bridgehead atoms. The number of carbonyl (C=O) groups is 2. The van der Waals surface area contributed by atoms with Gasteiger partial charge >= 0.3 is 0 Å². The van der Waals surface area contributed by atoms with E-state index in [0.717, 1.165) is 5.56 Å². The van der Waals surface area contributed by atoms with Gasteiger partial charge in [-0.25, -0.2) is 0 Å². The third-order valence-corrected chi connectivity index (χ3v) is 6.30. The number of halogens is 2. The predicted molar refractivity (Wildman–Crippen MR) is 129 cm³/mol. The molecule has 1 aliphatic heterocycles. The van der Waals surface area contributed by atoms with Crippen molar-refractivity contribution in [3.05, 3.63) is 99.0 Å². The minimum Gasteiger partial charge on any atom is -0.411 e. The monoisotopic (exact) mass is 481 g/mol. The van der Waals surface area contributed by atoms with Crippen LogP contribution in [0.1, 0.15) is 53.0 Å². The summed E-state index contributed by atoms with van der Waals surface area (Å²) in [6, 6.07) is 17.6. The fourth-order valence-corrected chi connectivity index (χ4v) is 4.21. The molecule has 0 fully saturated rings. The number of anilines is 1. The summed E-state index contributed by atoms with van der Waals surface area (Å²) in [5.74, 6) is -0.677. The van der Waals surface area contributed by atoms with Crippen LogP contribution in [0.15, 0.2) is 71.9 Å². The zero-order chi connectivity index (χ0) is 23.7. The van der Waals surface area contributed by atoms with E-state index in [1.165, 1.54) is 0 Å². The van der Waals surface area contributed by atoms with Gasteiger partial charge in [0.15, 0.2) is 0 Å². The van der Waals surface area contributed by atoms with Crippen LogP contribution in [0.25, 0.3) is 0 Å². The average molecular weight is 482 g/mol. The molecule has 2 atom stereocenters. The smallest absolute Gasteiger partial charge is 0.257 e. The Morgan fingerprint density at radius 3 is 2.21 bits per heavy atom. The first-order valence-corrected chi connectivity index (χ1v) is 11.0. The highest BCUT2D eigenvalue weighted by Crippen LogP contribution is 2.38. The molecule has 0 saturated carbocycles. The summed E-state index contributed by atoms with van der Waals surface area (Å²) in [4.78, 5) is 29.0. The summed E-state index contributed by atoms with van der Waals surface area (Å²) < 4.78 is 0. The van der Waals surface area contributed by atoms with Gasteiger partial charge < -0.3 is 15.4 Å². The molecule has 8 heteroatoms. The lowest BCUT2D eigenvalue weighted by atomic mass is 9.98. The summed E-state index contributed by atoms with van der Waals surface area (Å²) in [7, 11) is 0. The Morgan fingerprint density at radius 1 is 1.00 bits per heavy atom. The van der Waals surface area contributed by atoms with E-state index in [0.29, 0.717) is 38.1 Å². The first-order valence-electron chi connectivity index (χ1n) is 10.3. The van der Waals surface area contributed by atoms with Gasteiger partial charge in [-0.1, -0.05) is 58.7 Å². The van der Waals surface area contributed by atoms with Crippen LogP contribution in [0.3, 0.4) is 0 Å². The highest BCUT2D eigenvalue weighted by atomic mass is 35.5. The van der Waals surface area contributed by atoms with Crippen LogP contribution < -0.4 is 5.32 Å². The molecular weight excluding hydrogens is 461 g/mol. The van der Waals surface area contributed by atoms with Crippen LogP contribution in [0, 0.1) is 0 Å². The molecule has 3 aromatic carbocycles. The topological polar surface area (TPSA) is 82.0 Å². The number of rotatable bonds is 4. The Kier molecular flexibility index (Phi) is 6.40.